The summed E-state index contributed by atoms with van der Waals surface area (Å²) >= 11 is 1.66. The van der Waals surface area contributed by atoms with Crippen molar-refractivity contribution in [2.24, 2.45) is 11.8 Å². The predicted molar refractivity (Wildman–Crippen MR) is 126 cm³/mol. The highest BCUT2D eigenvalue weighted by molar-refractivity contribution is 7.13. The molecule has 4 atom stereocenters. The number of hydrogen-bond donors (Lipinski definition) is 1. The maximum absolute atomic E-state index is 5.84. The van der Waals surface area contributed by atoms with E-state index in [1.807, 2.05) is 11.6 Å². The maximum atomic E-state index is 5.84. The molecular formula is C25H35N3O2S. The summed E-state index contributed by atoms with van der Waals surface area (Å²) in [7, 11) is 1.73. The molecule has 5 rings (SSSR count). The van der Waals surface area contributed by atoms with E-state index >= 15 is 0 Å². The van der Waals surface area contributed by atoms with Gasteiger partial charge in [-0.1, -0.05) is 25.8 Å². The molecular weight excluding hydrogens is 406 g/mol. The van der Waals surface area contributed by atoms with E-state index < -0.39 is 0 Å². The molecule has 0 unspecified atom stereocenters. The van der Waals surface area contributed by atoms with Crippen LogP contribution in [0, 0.1) is 11.8 Å². The molecule has 1 aliphatic heterocycles. The van der Waals surface area contributed by atoms with Gasteiger partial charge >= 0.3 is 0 Å². The molecule has 1 saturated carbocycles. The van der Waals surface area contributed by atoms with Crippen molar-refractivity contribution in [1.82, 2.24) is 9.88 Å². The maximum Gasteiger partial charge on any atom is 0.187 e. The van der Waals surface area contributed by atoms with E-state index in [1.165, 1.54) is 44.3 Å². The van der Waals surface area contributed by atoms with Crippen molar-refractivity contribution in [2.75, 3.05) is 45.3 Å². The van der Waals surface area contributed by atoms with Crippen LogP contribution < -0.4 is 5.32 Å². The van der Waals surface area contributed by atoms with Crippen molar-refractivity contribution in [3.63, 3.8) is 0 Å². The van der Waals surface area contributed by atoms with Crippen LogP contribution in [0.25, 0.3) is 0 Å². The second-order valence-electron chi connectivity index (χ2n) is 9.50. The summed E-state index contributed by atoms with van der Waals surface area (Å²) in [5, 5.41) is 6.54. The number of likely N-dealkylation sites (tertiary alicyclic amines) is 1. The Morgan fingerprint density at radius 2 is 2.19 bits per heavy atom. The van der Waals surface area contributed by atoms with Crippen LogP contribution in [0.3, 0.4) is 0 Å². The number of benzene rings is 1. The van der Waals surface area contributed by atoms with Crippen LogP contribution in [0.1, 0.15) is 43.7 Å². The van der Waals surface area contributed by atoms with Gasteiger partial charge in [-0.2, -0.15) is 0 Å². The van der Waals surface area contributed by atoms with Gasteiger partial charge in [-0.05, 0) is 54.4 Å². The Kier molecular flexibility index (Phi) is 6.33. The summed E-state index contributed by atoms with van der Waals surface area (Å²) in [6.45, 7) is 6.88. The van der Waals surface area contributed by atoms with E-state index in [-0.39, 0.29) is 0 Å². The van der Waals surface area contributed by atoms with Crippen molar-refractivity contribution < 1.29 is 9.47 Å². The van der Waals surface area contributed by atoms with Gasteiger partial charge in [0.15, 0.2) is 5.13 Å². The van der Waals surface area contributed by atoms with Crippen LogP contribution in [0.2, 0.25) is 0 Å². The summed E-state index contributed by atoms with van der Waals surface area (Å²) < 4.78 is 11.0. The molecule has 1 aromatic heterocycles. The van der Waals surface area contributed by atoms with E-state index in [4.69, 9.17) is 9.47 Å². The second-order valence-corrected chi connectivity index (χ2v) is 10.4. The van der Waals surface area contributed by atoms with Crippen molar-refractivity contribution in [3.05, 3.63) is 40.9 Å². The Morgan fingerprint density at radius 1 is 1.26 bits per heavy atom. The predicted octanol–water partition coefficient (Wildman–Crippen LogP) is 4.85. The molecule has 3 aliphatic rings. The van der Waals surface area contributed by atoms with Crippen LogP contribution in [0.5, 0.6) is 0 Å². The van der Waals surface area contributed by atoms with E-state index in [9.17, 15) is 0 Å². The number of nitrogens with zero attached hydrogens (tertiary/aromatic N) is 2. The monoisotopic (exact) mass is 441 g/mol. The molecule has 31 heavy (non-hydrogen) atoms. The number of rotatable bonds is 8. The van der Waals surface area contributed by atoms with Gasteiger partial charge in [0.2, 0.25) is 0 Å². The van der Waals surface area contributed by atoms with Crippen LogP contribution in [-0.4, -0.2) is 55.9 Å². The van der Waals surface area contributed by atoms with E-state index in [0.29, 0.717) is 30.6 Å². The Morgan fingerprint density at radius 3 is 3.03 bits per heavy atom. The van der Waals surface area contributed by atoms with Crippen molar-refractivity contribution >= 4 is 22.2 Å². The molecule has 2 aliphatic carbocycles. The van der Waals surface area contributed by atoms with E-state index in [1.54, 1.807) is 29.6 Å². The Hall–Kier alpha value is -1.47. The molecule has 1 saturated heterocycles. The number of thiazole rings is 1. The summed E-state index contributed by atoms with van der Waals surface area (Å²) in [4.78, 5) is 7.17. The second kappa shape index (κ2) is 9.18. The number of ether oxygens (including phenoxy) is 2. The van der Waals surface area contributed by atoms with Crippen LogP contribution in [-0.2, 0) is 21.3 Å². The fraction of sp³-hybridized carbons (Fsp3) is 0.640. The van der Waals surface area contributed by atoms with E-state index in [2.05, 4.69) is 40.3 Å². The number of piperidine rings is 1. The minimum Gasteiger partial charge on any atom is -0.382 e. The molecule has 0 radical (unpaired) electrons. The number of aromatic nitrogens is 1. The van der Waals surface area contributed by atoms with Gasteiger partial charge in [0.05, 0.1) is 19.8 Å². The lowest BCUT2D eigenvalue weighted by Crippen LogP contribution is -2.65. The zero-order valence-electron chi connectivity index (χ0n) is 18.8. The molecule has 6 heteroatoms. The van der Waals surface area contributed by atoms with Gasteiger partial charge in [0.25, 0.3) is 0 Å². The standard InChI is InChI=1S/C25H35N3O2S/c1-18-17-28(10-11-30-13-12-29-2)23-15-19-6-7-20(27-24-26-9-14-31-24)16-22(19)25(18)8-4-3-5-21(23)25/h6-7,9,14,16,18,21,23H,3-5,8,10-13,15,17H2,1-2H3,(H,26,27)/t18-,21-,23+,25+/m0/s1. The third kappa shape index (κ3) is 3.92. The molecule has 5 nitrogen and oxygen atoms in total. The summed E-state index contributed by atoms with van der Waals surface area (Å²) in [5.41, 5.74) is 4.69. The lowest BCUT2D eigenvalue weighted by molar-refractivity contribution is -0.0587. The van der Waals surface area contributed by atoms with Gasteiger partial charge in [0.1, 0.15) is 0 Å². The Labute approximate surface area is 190 Å². The lowest BCUT2D eigenvalue weighted by atomic mass is 9.49. The third-order valence-corrected chi connectivity index (χ3v) is 8.71. The molecule has 1 N–H and O–H groups in total. The van der Waals surface area contributed by atoms with Gasteiger partial charge < -0.3 is 14.8 Å². The van der Waals surface area contributed by atoms with Crippen molar-refractivity contribution in [1.29, 1.82) is 0 Å². The molecule has 0 amide bonds. The van der Waals surface area contributed by atoms with E-state index in [0.717, 1.165) is 24.2 Å². The van der Waals surface area contributed by atoms with Gasteiger partial charge in [0, 0.05) is 48.9 Å². The first-order valence-electron chi connectivity index (χ1n) is 11.8. The first kappa shape index (κ1) is 21.4. The molecule has 2 aromatic rings. The van der Waals surface area contributed by atoms with Crippen LogP contribution in [0.15, 0.2) is 29.8 Å². The van der Waals surface area contributed by atoms with Gasteiger partial charge in [-0.15, -0.1) is 11.3 Å². The SMILES string of the molecule is COCCOCCN1C[C@H](C)[C@]23CCCC[C@H]2[C@H]1Cc1ccc(Nc2nccs2)cc13. The first-order chi connectivity index (χ1) is 15.2. The highest BCUT2D eigenvalue weighted by Gasteiger charge is 2.56. The number of nitrogens with one attached hydrogen (secondary N) is 1. The molecule has 1 aromatic carbocycles. The van der Waals surface area contributed by atoms with Gasteiger partial charge in [-0.3, -0.25) is 4.90 Å². The normalized spacial score (nSPS) is 29.9. The zero-order chi connectivity index (χ0) is 21.3. The van der Waals surface area contributed by atoms with Crippen molar-refractivity contribution in [2.45, 2.75) is 50.5 Å². The van der Waals surface area contributed by atoms with Crippen LogP contribution >= 0.6 is 11.3 Å². The zero-order valence-corrected chi connectivity index (χ0v) is 19.6. The Bertz CT molecular complexity index is 874. The quantitative estimate of drug-likeness (QED) is 0.593. The number of methoxy groups -OCH3 is 1. The third-order valence-electron chi connectivity index (χ3n) is 8.02. The minimum atomic E-state index is 0.324. The van der Waals surface area contributed by atoms with Gasteiger partial charge in [-0.25, -0.2) is 4.98 Å². The van der Waals surface area contributed by atoms with Crippen molar-refractivity contribution in [3.8, 4) is 0 Å². The topological polar surface area (TPSA) is 46.6 Å². The summed E-state index contributed by atoms with van der Waals surface area (Å²) in [6.07, 6.45) is 8.46. The summed E-state index contributed by atoms with van der Waals surface area (Å²) in [5.74, 6) is 1.41. The summed E-state index contributed by atoms with van der Waals surface area (Å²) in [6, 6.07) is 7.74. The fourth-order valence-electron chi connectivity index (χ4n) is 6.73. The molecule has 2 fully saturated rings. The highest BCUT2D eigenvalue weighted by Crippen LogP contribution is 2.58. The molecule has 0 spiro atoms. The number of anilines is 2. The highest BCUT2D eigenvalue weighted by atomic mass is 32.1. The fourth-order valence-corrected chi connectivity index (χ4v) is 7.28. The molecule has 2 bridgehead atoms. The smallest absolute Gasteiger partial charge is 0.187 e. The molecule has 2 heterocycles. The first-order valence-corrected chi connectivity index (χ1v) is 12.7. The average molecular weight is 442 g/mol. The molecule has 168 valence electrons. The number of fused-ring (bicyclic) bond motifs is 1. The number of hydrogen-bond acceptors (Lipinski definition) is 6. The van der Waals surface area contributed by atoms with Crippen LogP contribution in [0.4, 0.5) is 10.8 Å². The Balaban J connectivity index is 1.42. The largest absolute Gasteiger partial charge is 0.382 e. The lowest BCUT2D eigenvalue weighted by Gasteiger charge is -2.62. The average Bonchev–Trinajstić information content (AvgIpc) is 3.30. The minimum absolute atomic E-state index is 0.324.